The van der Waals surface area contributed by atoms with Gasteiger partial charge in [-0.1, -0.05) is 158 Å². The Morgan fingerprint density at radius 3 is 1.41 bits per heavy atom. The molecule has 0 radical (unpaired) electrons. The number of hydrogen-bond acceptors (Lipinski definition) is 3. The monoisotopic (exact) mass is 1350 g/mol. The van der Waals surface area contributed by atoms with Crippen molar-refractivity contribution in [3.05, 3.63) is 308 Å². The Kier molecular flexibility index (Phi) is 22.6. The summed E-state index contributed by atoms with van der Waals surface area (Å²) in [4.78, 5) is 4.68. The molecule has 0 atom stereocenters. The highest BCUT2D eigenvalue weighted by Gasteiger charge is 2.29. The molecule has 0 unspecified atom stereocenters. The lowest BCUT2D eigenvalue weighted by Gasteiger charge is -2.18. The minimum Gasteiger partial charge on any atom is -0.256 e. The standard InChI is InChI=1S/C27H26N3.C25H26N3.C25H30N3.C14H15FN/c1-18-11-12-22(16-28)15-26(18)30-17-25(21(4)29(30)5)27-19(2)13-24(14-20(27)3)23-9-7-6-8-10-23;1-17-10-9-13-23(21-11-7-6-8-12-21)24(17)22-15-27(5)28(16-22)25-18(2)14-19(3)26-20(25)4;1-16(2)21-9-8-10-22(17(3)4)25(21)23-15-28(27(7)19(23)6)24-13-20(14-26)12-11-18(24)5;1-10-8-12(15)9-11(2)14(10)13-6-4-5-7-16(13)3/h6-15,17H,1-5H3;6-16H,1-5H3;8-13,15-17H,1-7H3;4-9H,1-3H3/q4*+1. The summed E-state index contributed by atoms with van der Waals surface area (Å²) in [5.74, 6) is 0.730. The molecule has 0 amide bonds. The first-order valence-electron chi connectivity index (χ1n) is 35.1. The first-order valence-corrected chi connectivity index (χ1v) is 35.1. The van der Waals surface area contributed by atoms with E-state index in [1.807, 2.05) is 99.2 Å². The van der Waals surface area contributed by atoms with Crippen LogP contribution in [-0.2, 0) is 28.2 Å². The Hall–Kier alpha value is -11.4. The average Bonchev–Trinajstić information content (AvgIpc) is 1.62. The predicted molar refractivity (Wildman–Crippen MR) is 413 cm³/mol. The summed E-state index contributed by atoms with van der Waals surface area (Å²) in [7, 11) is 8.24. The van der Waals surface area contributed by atoms with Crippen LogP contribution in [0.25, 0.3) is 84.0 Å². The van der Waals surface area contributed by atoms with Crippen molar-refractivity contribution >= 4 is 0 Å². The van der Waals surface area contributed by atoms with Crippen LogP contribution in [0.5, 0.6) is 0 Å². The Bertz CT molecular complexity index is 5240. The molecule has 102 heavy (non-hydrogen) atoms. The summed E-state index contributed by atoms with van der Waals surface area (Å²) in [6.07, 6.45) is 10.8. The largest absolute Gasteiger partial charge is 0.256 e. The lowest BCUT2D eigenvalue weighted by atomic mass is 9.85. The fraction of sp³-hybridized carbons (Fsp3) is 0.242. The summed E-state index contributed by atoms with van der Waals surface area (Å²) in [5.41, 5.74) is 35.9. The minimum atomic E-state index is -0.169. The van der Waals surface area contributed by atoms with E-state index in [0.29, 0.717) is 23.0 Å². The molecule has 8 aromatic carbocycles. The zero-order valence-electron chi connectivity index (χ0n) is 63.2. The lowest BCUT2D eigenvalue weighted by Crippen LogP contribution is -2.39. The number of nitrogens with zero attached hydrogens (tertiary/aromatic N) is 10. The van der Waals surface area contributed by atoms with Crippen LogP contribution < -0.4 is 18.6 Å². The van der Waals surface area contributed by atoms with Crippen molar-refractivity contribution < 1.29 is 23.0 Å². The number of rotatable bonds is 11. The molecule has 0 N–H and O–H groups in total. The minimum absolute atomic E-state index is 0.169. The Labute approximate surface area is 604 Å². The van der Waals surface area contributed by atoms with Gasteiger partial charge in [0.25, 0.3) is 0 Å². The van der Waals surface area contributed by atoms with E-state index in [1.165, 1.54) is 100 Å². The van der Waals surface area contributed by atoms with Crippen molar-refractivity contribution in [2.24, 2.45) is 28.2 Å². The SMILES string of the molecule is Cc1cc(C)c(-n2cc(-c3c(C)cccc3-c3ccccc3)c[n+]2C)c(C)n1.Cc1cc(F)cc(C)c1-c1cccc[n+]1C.Cc1ccc(C#N)cc1-[n+]1cc(-c2c(C(C)C)cccc2C(C)C)c(C)n1C.Cc1ccc(C#N)cc1-[n+]1cc(-c2c(C)cc(-c3ccccc3)cc2C)c(C)n1C. The van der Waals surface area contributed by atoms with Gasteiger partial charge in [0, 0.05) is 46.6 Å². The molecule has 0 aliphatic carbocycles. The summed E-state index contributed by atoms with van der Waals surface area (Å²) >= 11 is 0. The van der Waals surface area contributed by atoms with Crippen molar-refractivity contribution in [2.45, 2.75) is 123 Å². The maximum absolute atomic E-state index is 13.2. The molecule has 13 rings (SSSR count). The van der Waals surface area contributed by atoms with E-state index >= 15 is 0 Å². The molecule has 0 fully saturated rings. The van der Waals surface area contributed by atoms with Gasteiger partial charge in [-0.3, -0.25) is 4.98 Å². The zero-order chi connectivity index (χ0) is 73.5. The maximum Gasteiger partial charge on any atom is 0.240 e. The van der Waals surface area contributed by atoms with Gasteiger partial charge < -0.3 is 0 Å². The van der Waals surface area contributed by atoms with Crippen LogP contribution in [0.1, 0.15) is 129 Å². The van der Waals surface area contributed by atoms with E-state index in [2.05, 4.69) is 290 Å². The molecule has 5 aromatic heterocycles. The molecule has 0 bridgehead atoms. The lowest BCUT2D eigenvalue weighted by molar-refractivity contribution is -0.744. The second kappa shape index (κ2) is 31.4. The second-order valence-corrected chi connectivity index (χ2v) is 27.8. The number of aryl methyl sites for hydroxylation is 12. The number of nitriles is 2. The van der Waals surface area contributed by atoms with E-state index in [-0.39, 0.29) is 5.82 Å². The number of hydrogen-bond donors (Lipinski definition) is 0. The van der Waals surface area contributed by atoms with Crippen molar-refractivity contribution in [3.8, 4) is 96.1 Å². The molecular formula is C91H97FN10+4. The highest BCUT2D eigenvalue weighted by atomic mass is 19.1. The summed E-state index contributed by atoms with van der Waals surface area (Å²) in [6, 6.07) is 66.4. The highest BCUT2D eigenvalue weighted by molar-refractivity contribution is 5.85. The van der Waals surface area contributed by atoms with Crippen LogP contribution >= 0.6 is 0 Å². The Balaban J connectivity index is 0.000000149. The number of benzene rings is 8. The normalized spacial score (nSPS) is 11.0. The van der Waals surface area contributed by atoms with Gasteiger partial charge in [-0.25, -0.2) is 8.96 Å². The number of pyridine rings is 2. The van der Waals surface area contributed by atoms with Crippen molar-refractivity contribution in [2.75, 3.05) is 0 Å². The third kappa shape index (κ3) is 15.5. The van der Waals surface area contributed by atoms with Crippen LogP contribution in [0.4, 0.5) is 4.39 Å². The van der Waals surface area contributed by atoms with E-state index in [0.717, 1.165) is 62.0 Å². The number of aromatic nitrogens is 8. The Morgan fingerprint density at radius 2 is 0.912 bits per heavy atom. The van der Waals surface area contributed by atoms with Crippen LogP contribution in [0, 0.1) is 112 Å². The molecule has 11 heteroatoms. The second-order valence-electron chi connectivity index (χ2n) is 27.8. The van der Waals surface area contributed by atoms with Crippen molar-refractivity contribution in [1.82, 2.24) is 19.0 Å². The van der Waals surface area contributed by atoms with E-state index in [4.69, 9.17) is 0 Å². The smallest absolute Gasteiger partial charge is 0.240 e. The van der Waals surface area contributed by atoms with E-state index in [1.54, 1.807) is 12.1 Å². The topological polar surface area (TPSA) is 90.8 Å². The third-order valence-electron chi connectivity index (χ3n) is 19.7. The van der Waals surface area contributed by atoms with E-state index in [9.17, 15) is 14.9 Å². The molecule has 0 spiro atoms. The van der Waals surface area contributed by atoms with Crippen LogP contribution in [0.3, 0.4) is 0 Å². The molecule has 13 aromatic rings. The Morgan fingerprint density at radius 1 is 0.422 bits per heavy atom. The summed E-state index contributed by atoms with van der Waals surface area (Å²) in [5, 5.41) is 18.7. The van der Waals surface area contributed by atoms with Crippen molar-refractivity contribution in [1.29, 1.82) is 10.5 Å². The van der Waals surface area contributed by atoms with E-state index < -0.39 is 0 Å². The zero-order valence-corrected chi connectivity index (χ0v) is 63.2. The highest BCUT2D eigenvalue weighted by Crippen LogP contribution is 2.40. The molecule has 5 heterocycles. The van der Waals surface area contributed by atoms with Gasteiger partial charge in [-0.05, 0) is 209 Å². The molecular weight excluding hydrogens is 1250 g/mol. The van der Waals surface area contributed by atoms with Gasteiger partial charge in [0.05, 0.1) is 82.9 Å². The van der Waals surface area contributed by atoms with Crippen molar-refractivity contribution in [3.63, 3.8) is 0 Å². The van der Waals surface area contributed by atoms with Crippen LogP contribution in [0.15, 0.2) is 213 Å². The van der Waals surface area contributed by atoms with Gasteiger partial charge in [0.1, 0.15) is 18.6 Å². The molecule has 514 valence electrons. The average molecular weight is 1350 g/mol. The quantitative estimate of drug-likeness (QED) is 0.121. The molecule has 0 aliphatic heterocycles. The summed E-state index contributed by atoms with van der Waals surface area (Å²) < 4.78 is 28.3. The molecule has 0 aliphatic rings. The van der Waals surface area contributed by atoms with Gasteiger partial charge in [0.15, 0.2) is 13.2 Å². The van der Waals surface area contributed by atoms with Crippen LogP contribution in [0.2, 0.25) is 0 Å². The maximum atomic E-state index is 13.2. The molecule has 10 nitrogen and oxygen atoms in total. The predicted octanol–water partition coefficient (Wildman–Crippen LogP) is 19.6. The first-order chi connectivity index (χ1) is 48.7. The number of halogens is 1. The molecule has 0 saturated carbocycles. The van der Waals surface area contributed by atoms with Gasteiger partial charge in [-0.2, -0.15) is 19.9 Å². The van der Waals surface area contributed by atoms with Crippen LogP contribution in [-0.4, -0.2) is 19.0 Å². The fourth-order valence-electron chi connectivity index (χ4n) is 14.4. The third-order valence-corrected chi connectivity index (χ3v) is 19.7. The fourth-order valence-corrected chi connectivity index (χ4v) is 14.4. The molecule has 0 saturated heterocycles. The summed E-state index contributed by atoms with van der Waals surface area (Å²) in [6.45, 7) is 34.3. The van der Waals surface area contributed by atoms with Gasteiger partial charge >= 0.3 is 0 Å². The first kappa shape index (κ1) is 73.3. The van der Waals surface area contributed by atoms with Gasteiger partial charge in [-0.15, -0.1) is 9.36 Å². The van der Waals surface area contributed by atoms with Gasteiger partial charge in [0.2, 0.25) is 35.7 Å².